The molecule has 0 spiro atoms. The third kappa shape index (κ3) is 4.04. The molecule has 1 aromatic carbocycles. The van der Waals surface area contributed by atoms with Gasteiger partial charge in [0.1, 0.15) is 5.82 Å². The van der Waals surface area contributed by atoms with Crippen LogP contribution in [-0.2, 0) is 4.74 Å². The maximum Gasteiger partial charge on any atom is 0.257 e. The second-order valence-electron chi connectivity index (χ2n) is 5.41. The molecule has 1 aliphatic rings. The topological polar surface area (TPSA) is 63.2 Å². The summed E-state index contributed by atoms with van der Waals surface area (Å²) in [6.07, 6.45) is 5.41. The lowest BCUT2D eigenvalue weighted by Gasteiger charge is -2.12. The second-order valence-corrected chi connectivity index (χ2v) is 5.41. The second kappa shape index (κ2) is 7.19. The number of hydrogen-bond acceptors (Lipinski definition) is 4. The van der Waals surface area contributed by atoms with Crippen molar-refractivity contribution in [2.45, 2.75) is 18.9 Å². The van der Waals surface area contributed by atoms with Gasteiger partial charge in [0.05, 0.1) is 23.0 Å². The normalized spacial score (nSPS) is 17.0. The molecule has 1 amide bonds. The Hall–Kier alpha value is -2.47. The van der Waals surface area contributed by atoms with Crippen LogP contribution in [0.5, 0.6) is 0 Å². The van der Waals surface area contributed by atoms with Crippen LogP contribution in [-0.4, -0.2) is 30.1 Å². The SMILES string of the molecule is O=C(Nc1ccccc1F)c1cncc(NCC2CCCO2)c1. The minimum absolute atomic E-state index is 0.148. The highest BCUT2D eigenvalue weighted by molar-refractivity contribution is 6.04. The van der Waals surface area contributed by atoms with Crippen LogP contribution >= 0.6 is 0 Å². The fraction of sp³-hybridized carbons (Fsp3) is 0.294. The molecule has 1 aromatic heterocycles. The number of rotatable bonds is 5. The van der Waals surface area contributed by atoms with Crippen molar-refractivity contribution in [3.8, 4) is 0 Å². The zero-order chi connectivity index (χ0) is 16.1. The number of anilines is 2. The molecule has 1 saturated heterocycles. The maximum atomic E-state index is 13.6. The highest BCUT2D eigenvalue weighted by atomic mass is 19.1. The molecule has 1 fully saturated rings. The largest absolute Gasteiger partial charge is 0.381 e. The summed E-state index contributed by atoms with van der Waals surface area (Å²) >= 11 is 0. The van der Waals surface area contributed by atoms with Crippen LogP contribution < -0.4 is 10.6 Å². The monoisotopic (exact) mass is 315 g/mol. The molecule has 120 valence electrons. The van der Waals surface area contributed by atoms with Gasteiger partial charge in [-0.05, 0) is 31.0 Å². The van der Waals surface area contributed by atoms with E-state index in [2.05, 4.69) is 15.6 Å². The summed E-state index contributed by atoms with van der Waals surface area (Å²) in [5.74, 6) is -0.871. The first kappa shape index (κ1) is 15.4. The van der Waals surface area contributed by atoms with E-state index in [0.29, 0.717) is 12.1 Å². The molecule has 0 radical (unpaired) electrons. The predicted molar refractivity (Wildman–Crippen MR) is 86.1 cm³/mol. The van der Waals surface area contributed by atoms with Crippen LogP contribution in [0.3, 0.4) is 0 Å². The van der Waals surface area contributed by atoms with E-state index in [4.69, 9.17) is 4.74 Å². The summed E-state index contributed by atoms with van der Waals surface area (Å²) < 4.78 is 19.1. The van der Waals surface area contributed by atoms with Gasteiger partial charge in [-0.3, -0.25) is 9.78 Å². The van der Waals surface area contributed by atoms with Gasteiger partial charge in [0.2, 0.25) is 0 Å². The highest BCUT2D eigenvalue weighted by Crippen LogP contribution is 2.16. The van der Waals surface area contributed by atoms with Gasteiger partial charge in [-0.15, -0.1) is 0 Å². The summed E-state index contributed by atoms with van der Waals surface area (Å²) in [7, 11) is 0. The number of nitrogens with zero attached hydrogens (tertiary/aromatic N) is 1. The molecule has 1 atom stereocenters. The van der Waals surface area contributed by atoms with Crippen molar-refractivity contribution >= 4 is 17.3 Å². The van der Waals surface area contributed by atoms with Crippen LogP contribution in [0.15, 0.2) is 42.7 Å². The van der Waals surface area contributed by atoms with Gasteiger partial charge in [-0.2, -0.15) is 0 Å². The molecule has 0 aliphatic carbocycles. The number of pyridine rings is 1. The quantitative estimate of drug-likeness (QED) is 0.890. The Kier molecular flexibility index (Phi) is 4.83. The van der Waals surface area contributed by atoms with Gasteiger partial charge in [-0.1, -0.05) is 12.1 Å². The third-order valence-electron chi connectivity index (χ3n) is 3.68. The summed E-state index contributed by atoms with van der Waals surface area (Å²) in [5.41, 5.74) is 1.25. The zero-order valence-electron chi connectivity index (χ0n) is 12.6. The number of halogens is 1. The van der Waals surface area contributed by atoms with E-state index in [0.717, 1.165) is 25.1 Å². The van der Waals surface area contributed by atoms with Gasteiger partial charge in [-0.25, -0.2) is 4.39 Å². The minimum Gasteiger partial charge on any atom is -0.381 e. The number of carbonyl (C=O) groups excluding carboxylic acids is 1. The first-order valence-electron chi connectivity index (χ1n) is 7.59. The van der Waals surface area contributed by atoms with Crippen molar-refractivity contribution < 1.29 is 13.9 Å². The van der Waals surface area contributed by atoms with Crippen molar-refractivity contribution in [3.63, 3.8) is 0 Å². The molecule has 2 N–H and O–H groups in total. The molecule has 5 nitrogen and oxygen atoms in total. The summed E-state index contributed by atoms with van der Waals surface area (Å²) in [6, 6.07) is 7.74. The van der Waals surface area contributed by atoms with Gasteiger partial charge in [0.15, 0.2) is 0 Å². The molecule has 1 aliphatic heterocycles. The Morgan fingerprint density at radius 1 is 1.35 bits per heavy atom. The number of para-hydroxylation sites is 1. The molecular formula is C17H18FN3O2. The summed E-state index contributed by atoms with van der Waals surface area (Å²) in [4.78, 5) is 16.3. The van der Waals surface area contributed by atoms with Crippen LogP contribution in [0.4, 0.5) is 15.8 Å². The molecular weight excluding hydrogens is 297 g/mol. The van der Waals surface area contributed by atoms with Crippen LogP contribution in [0.2, 0.25) is 0 Å². The van der Waals surface area contributed by atoms with E-state index < -0.39 is 11.7 Å². The Labute approximate surface area is 133 Å². The Morgan fingerprint density at radius 2 is 2.22 bits per heavy atom. The van der Waals surface area contributed by atoms with Gasteiger partial charge in [0, 0.05) is 25.5 Å². The van der Waals surface area contributed by atoms with Crippen LogP contribution in [0, 0.1) is 5.82 Å². The van der Waals surface area contributed by atoms with Crippen molar-refractivity contribution in [1.82, 2.24) is 4.98 Å². The predicted octanol–water partition coefficient (Wildman–Crippen LogP) is 3.06. The van der Waals surface area contributed by atoms with E-state index in [-0.39, 0.29) is 11.8 Å². The Balaban J connectivity index is 1.64. The Morgan fingerprint density at radius 3 is 3.00 bits per heavy atom. The minimum atomic E-state index is -0.471. The van der Waals surface area contributed by atoms with E-state index in [1.165, 1.54) is 18.3 Å². The van der Waals surface area contributed by atoms with E-state index in [1.807, 2.05) is 0 Å². The molecule has 0 saturated carbocycles. The number of benzene rings is 1. The highest BCUT2D eigenvalue weighted by Gasteiger charge is 2.15. The fourth-order valence-electron chi connectivity index (χ4n) is 2.45. The van der Waals surface area contributed by atoms with E-state index >= 15 is 0 Å². The summed E-state index contributed by atoms with van der Waals surface area (Å²) in [6.45, 7) is 1.48. The molecule has 2 aromatic rings. The first-order chi connectivity index (χ1) is 11.2. The van der Waals surface area contributed by atoms with Crippen molar-refractivity contribution in [2.75, 3.05) is 23.8 Å². The van der Waals surface area contributed by atoms with Gasteiger partial charge < -0.3 is 15.4 Å². The summed E-state index contributed by atoms with van der Waals surface area (Å²) in [5, 5.41) is 5.76. The van der Waals surface area contributed by atoms with E-state index in [1.54, 1.807) is 24.4 Å². The smallest absolute Gasteiger partial charge is 0.257 e. The van der Waals surface area contributed by atoms with Crippen molar-refractivity contribution in [3.05, 3.63) is 54.1 Å². The number of carbonyl (C=O) groups is 1. The average molecular weight is 315 g/mol. The van der Waals surface area contributed by atoms with E-state index in [9.17, 15) is 9.18 Å². The van der Waals surface area contributed by atoms with Gasteiger partial charge in [0.25, 0.3) is 5.91 Å². The number of ether oxygens (including phenoxy) is 1. The maximum absolute atomic E-state index is 13.6. The number of nitrogens with one attached hydrogen (secondary N) is 2. The standard InChI is InChI=1S/C17H18FN3O2/c18-15-5-1-2-6-16(15)21-17(22)12-8-13(10-19-9-12)20-11-14-4-3-7-23-14/h1-2,5-6,8-10,14,20H,3-4,7,11H2,(H,21,22). The van der Waals surface area contributed by atoms with Crippen molar-refractivity contribution in [2.24, 2.45) is 0 Å². The number of aromatic nitrogens is 1. The third-order valence-corrected chi connectivity index (χ3v) is 3.68. The Bertz CT molecular complexity index is 687. The molecule has 1 unspecified atom stereocenters. The zero-order valence-corrected chi connectivity index (χ0v) is 12.6. The lowest BCUT2D eigenvalue weighted by molar-refractivity contribution is 0.102. The van der Waals surface area contributed by atoms with Crippen LogP contribution in [0.25, 0.3) is 0 Å². The first-order valence-corrected chi connectivity index (χ1v) is 7.59. The molecule has 23 heavy (non-hydrogen) atoms. The fourth-order valence-corrected chi connectivity index (χ4v) is 2.45. The van der Waals surface area contributed by atoms with Crippen molar-refractivity contribution in [1.29, 1.82) is 0 Å². The number of amides is 1. The van der Waals surface area contributed by atoms with Gasteiger partial charge >= 0.3 is 0 Å². The lowest BCUT2D eigenvalue weighted by atomic mass is 10.2. The van der Waals surface area contributed by atoms with Crippen LogP contribution in [0.1, 0.15) is 23.2 Å². The average Bonchev–Trinajstić information content (AvgIpc) is 3.09. The molecule has 2 heterocycles. The lowest BCUT2D eigenvalue weighted by Crippen LogP contribution is -2.19. The number of hydrogen-bond donors (Lipinski definition) is 2. The molecule has 6 heteroatoms. The molecule has 0 bridgehead atoms. The molecule has 3 rings (SSSR count).